The summed E-state index contributed by atoms with van der Waals surface area (Å²) in [6.07, 6.45) is 1.90. The predicted octanol–water partition coefficient (Wildman–Crippen LogP) is 1.75. The summed E-state index contributed by atoms with van der Waals surface area (Å²) in [5, 5.41) is 13.0. The van der Waals surface area contributed by atoms with Crippen LogP contribution in [-0.4, -0.2) is 41.6 Å². The molecule has 0 aromatic heterocycles. The van der Waals surface area contributed by atoms with Gasteiger partial charge in [-0.05, 0) is 31.5 Å². The second-order valence-electron chi connectivity index (χ2n) is 4.78. The molecule has 4 nitrogen and oxygen atoms in total. The van der Waals surface area contributed by atoms with Crippen molar-refractivity contribution in [1.82, 2.24) is 10.2 Å². The summed E-state index contributed by atoms with van der Waals surface area (Å²) in [4.78, 5) is 13.9. The van der Waals surface area contributed by atoms with E-state index in [-0.39, 0.29) is 17.4 Å². The molecule has 1 atom stereocenters. The minimum Gasteiger partial charge on any atom is -0.507 e. The van der Waals surface area contributed by atoms with Crippen LogP contribution in [0.1, 0.15) is 30.1 Å². The number of phenolic OH excluding ortho intramolecular Hbond substituents is 1. The normalized spacial score (nSPS) is 19.5. The Morgan fingerprint density at radius 1 is 1.58 bits per heavy atom. The van der Waals surface area contributed by atoms with Crippen molar-refractivity contribution in [3.05, 3.63) is 29.6 Å². The quantitative estimate of drug-likeness (QED) is 0.876. The molecule has 1 unspecified atom stereocenters. The van der Waals surface area contributed by atoms with Crippen LogP contribution >= 0.6 is 0 Å². The minimum absolute atomic E-state index is 0.223. The molecule has 104 valence electrons. The fourth-order valence-corrected chi connectivity index (χ4v) is 2.50. The van der Waals surface area contributed by atoms with Crippen LogP contribution in [0.4, 0.5) is 4.39 Å². The number of likely N-dealkylation sites (tertiary alicyclic amines) is 1. The molecule has 0 bridgehead atoms. The number of rotatable bonds is 3. The number of piperidine rings is 1. The van der Waals surface area contributed by atoms with Gasteiger partial charge in [0.25, 0.3) is 5.91 Å². The lowest BCUT2D eigenvalue weighted by atomic mass is 10.0. The number of carbonyl (C=O) groups is 1. The van der Waals surface area contributed by atoms with Crippen molar-refractivity contribution in [2.45, 2.75) is 25.8 Å². The number of hydrogen-bond donors (Lipinski definition) is 2. The molecule has 1 aliphatic heterocycles. The highest BCUT2D eigenvalue weighted by Gasteiger charge is 2.27. The van der Waals surface area contributed by atoms with Gasteiger partial charge < -0.3 is 15.3 Å². The van der Waals surface area contributed by atoms with Gasteiger partial charge in [0.05, 0.1) is 0 Å². The molecule has 5 heteroatoms. The van der Waals surface area contributed by atoms with Gasteiger partial charge in [-0.15, -0.1) is 0 Å². The van der Waals surface area contributed by atoms with Crippen LogP contribution in [0.15, 0.2) is 18.2 Å². The number of carbonyl (C=O) groups excluding carboxylic acids is 1. The second kappa shape index (κ2) is 6.02. The van der Waals surface area contributed by atoms with Gasteiger partial charge in [0, 0.05) is 19.1 Å². The molecule has 1 aromatic carbocycles. The lowest BCUT2D eigenvalue weighted by Crippen LogP contribution is -2.48. The van der Waals surface area contributed by atoms with Gasteiger partial charge in [-0.1, -0.05) is 13.0 Å². The smallest absolute Gasteiger partial charge is 0.260 e. The highest BCUT2D eigenvalue weighted by atomic mass is 19.1. The molecule has 1 heterocycles. The Bertz CT molecular complexity index is 443. The van der Waals surface area contributed by atoms with Gasteiger partial charge >= 0.3 is 0 Å². The van der Waals surface area contributed by atoms with E-state index in [4.69, 9.17) is 0 Å². The summed E-state index contributed by atoms with van der Waals surface area (Å²) in [5.41, 5.74) is -0.223. The molecule has 0 spiro atoms. The van der Waals surface area contributed by atoms with Crippen molar-refractivity contribution in [2.24, 2.45) is 0 Å². The van der Waals surface area contributed by atoms with Gasteiger partial charge in [0.15, 0.2) is 0 Å². The maximum absolute atomic E-state index is 13.7. The van der Waals surface area contributed by atoms with Crippen LogP contribution in [0.25, 0.3) is 0 Å². The lowest BCUT2D eigenvalue weighted by molar-refractivity contribution is 0.0687. The summed E-state index contributed by atoms with van der Waals surface area (Å²) < 4.78 is 13.7. The molecule has 0 saturated carbocycles. The first-order chi connectivity index (χ1) is 9.13. The van der Waals surface area contributed by atoms with Crippen molar-refractivity contribution in [3.8, 4) is 5.75 Å². The van der Waals surface area contributed by atoms with Crippen LogP contribution in [0.5, 0.6) is 5.75 Å². The van der Waals surface area contributed by atoms with E-state index < -0.39 is 11.7 Å². The first-order valence-electron chi connectivity index (χ1n) is 6.63. The van der Waals surface area contributed by atoms with E-state index in [0.29, 0.717) is 13.1 Å². The molecule has 2 rings (SSSR count). The molecule has 1 saturated heterocycles. The maximum Gasteiger partial charge on any atom is 0.260 e. The summed E-state index contributed by atoms with van der Waals surface area (Å²) in [5.74, 6) is -1.40. The maximum atomic E-state index is 13.7. The monoisotopic (exact) mass is 266 g/mol. The average molecular weight is 266 g/mol. The van der Waals surface area contributed by atoms with Gasteiger partial charge in [-0.3, -0.25) is 4.79 Å². The van der Waals surface area contributed by atoms with E-state index in [2.05, 4.69) is 5.32 Å². The number of nitrogens with one attached hydrogen (secondary N) is 1. The zero-order valence-electron chi connectivity index (χ0n) is 11.0. The first kappa shape index (κ1) is 13.8. The number of likely N-dealkylation sites (N-methyl/N-ethyl adjacent to an activating group) is 1. The zero-order valence-corrected chi connectivity index (χ0v) is 11.0. The SMILES string of the molecule is CCNC1CCCN(C(=O)c2c(O)cccc2F)C1. The van der Waals surface area contributed by atoms with Crippen LogP contribution < -0.4 is 5.32 Å². The second-order valence-corrected chi connectivity index (χ2v) is 4.78. The van der Waals surface area contributed by atoms with E-state index in [0.717, 1.165) is 19.4 Å². The third-order valence-corrected chi connectivity index (χ3v) is 3.41. The Morgan fingerprint density at radius 2 is 2.37 bits per heavy atom. The predicted molar refractivity (Wildman–Crippen MR) is 70.7 cm³/mol. The molecule has 0 aliphatic carbocycles. The Hall–Kier alpha value is -1.62. The number of amides is 1. The number of aromatic hydroxyl groups is 1. The molecule has 2 N–H and O–H groups in total. The van der Waals surface area contributed by atoms with E-state index in [9.17, 15) is 14.3 Å². The van der Waals surface area contributed by atoms with Gasteiger partial charge in [-0.2, -0.15) is 0 Å². The van der Waals surface area contributed by atoms with Crippen LogP contribution in [0, 0.1) is 5.82 Å². The minimum atomic E-state index is -0.671. The largest absolute Gasteiger partial charge is 0.507 e. The Balaban J connectivity index is 2.15. The summed E-state index contributed by atoms with van der Waals surface area (Å²) in [6.45, 7) is 4.02. The van der Waals surface area contributed by atoms with Crippen LogP contribution in [0.2, 0.25) is 0 Å². The molecule has 1 amide bonds. The number of benzene rings is 1. The van der Waals surface area contributed by atoms with Crippen molar-refractivity contribution < 1.29 is 14.3 Å². The standard InChI is InChI=1S/C14H19FN2O2/c1-2-16-10-5-4-8-17(9-10)14(19)13-11(15)6-3-7-12(13)18/h3,6-7,10,16,18H,2,4-5,8-9H2,1H3. The summed E-state index contributed by atoms with van der Waals surface area (Å²) in [7, 11) is 0. The number of nitrogens with zero attached hydrogens (tertiary/aromatic N) is 1. The first-order valence-corrected chi connectivity index (χ1v) is 6.63. The van der Waals surface area contributed by atoms with Crippen molar-refractivity contribution >= 4 is 5.91 Å². The molecule has 19 heavy (non-hydrogen) atoms. The van der Waals surface area contributed by atoms with Crippen LogP contribution in [0.3, 0.4) is 0 Å². The van der Waals surface area contributed by atoms with Gasteiger partial charge in [0.1, 0.15) is 17.1 Å². The molecular weight excluding hydrogens is 247 g/mol. The van der Waals surface area contributed by atoms with Gasteiger partial charge in [-0.25, -0.2) is 4.39 Å². The van der Waals surface area contributed by atoms with Crippen molar-refractivity contribution in [1.29, 1.82) is 0 Å². The Morgan fingerprint density at radius 3 is 3.05 bits per heavy atom. The molecule has 1 aromatic rings. The lowest BCUT2D eigenvalue weighted by Gasteiger charge is -2.33. The van der Waals surface area contributed by atoms with Crippen molar-refractivity contribution in [3.63, 3.8) is 0 Å². The number of hydrogen-bond acceptors (Lipinski definition) is 3. The average Bonchev–Trinajstić information content (AvgIpc) is 2.39. The summed E-state index contributed by atoms with van der Waals surface area (Å²) >= 11 is 0. The third kappa shape index (κ3) is 3.04. The fraction of sp³-hybridized carbons (Fsp3) is 0.500. The van der Waals surface area contributed by atoms with E-state index in [1.807, 2.05) is 6.92 Å². The van der Waals surface area contributed by atoms with E-state index in [1.165, 1.54) is 18.2 Å². The third-order valence-electron chi connectivity index (χ3n) is 3.41. The molecule has 0 radical (unpaired) electrons. The van der Waals surface area contributed by atoms with E-state index in [1.54, 1.807) is 4.90 Å². The Kier molecular flexibility index (Phi) is 4.37. The molecule has 1 fully saturated rings. The van der Waals surface area contributed by atoms with E-state index >= 15 is 0 Å². The highest BCUT2D eigenvalue weighted by Crippen LogP contribution is 2.23. The molecular formula is C14H19FN2O2. The Labute approximate surface area is 112 Å². The molecule has 1 aliphatic rings. The van der Waals surface area contributed by atoms with Crippen molar-refractivity contribution in [2.75, 3.05) is 19.6 Å². The number of halogens is 1. The van der Waals surface area contributed by atoms with Crippen LogP contribution in [-0.2, 0) is 0 Å². The fourth-order valence-electron chi connectivity index (χ4n) is 2.50. The van der Waals surface area contributed by atoms with Gasteiger partial charge in [0.2, 0.25) is 0 Å². The summed E-state index contributed by atoms with van der Waals surface area (Å²) in [6, 6.07) is 4.16. The highest BCUT2D eigenvalue weighted by molar-refractivity contribution is 5.97. The topological polar surface area (TPSA) is 52.6 Å². The zero-order chi connectivity index (χ0) is 13.8. The number of phenols is 1.